The highest BCUT2D eigenvalue weighted by atomic mass is 32.2. The minimum Gasteiger partial charge on any atom is -0.463 e. The van der Waals surface area contributed by atoms with Gasteiger partial charge in [0.2, 0.25) is 5.91 Å². The van der Waals surface area contributed by atoms with Crippen LogP contribution in [-0.2, 0) is 14.3 Å². The first-order valence-electron chi connectivity index (χ1n) is 7.31. The molecule has 1 aliphatic rings. The zero-order valence-electron chi connectivity index (χ0n) is 13.1. The Morgan fingerprint density at radius 1 is 1.54 bits per heavy atom. The molecule has 1 fully saturated rings. The number of nitro benzene ring substituents is 1. The number of thioether (sulfide) groups is 1. The maximum atomic E-state index is 11.9. The van der Waals surface area contributed by atoms with Crippen molar-refractivity contribution in [3.05, 3.63) is 45.5 Å². The number of hydrogen-bond acceptors (Lipinski definition) is 7. The second-order valence-corrected chi connectivity index (χ2v) is 5.80. The molecule has 9 heteroatoms. The highest BCUT2D eigenvalue weighted by molar-refractivity contribution is 8.04. The van der Waals surface area contributed by atoms with Crippen LogP contribution >= 0.6 is 11.8 Å². The van der Waals surface area contributed by atoms with Crippen molar-refractivity contribution in [3.63, 3.8) is 0 Å². The van der Waals surface area contributed by atoms with Gasteiger partial charge in [-0.15, -0.1) is 0 Å². The van der Waals surface area contributed by atoms with Crippen molar-refractivity contribution >= 4 is 35.0 Å². The molecular weight excluding hydrogens is 334 g/mol. The molecule has 1 saturated heterocycles. The van der Waals surface area contributed by atoms with Gasteiger partial charge in [0.25, 0.3) is 5.69 Å². The summed E-state index contributed by atoms with van der Waals surface area (Å²) >= 11 is 1.28. The first-order chi connectivity index (χ1) is 11.5. The number of carbonyl (C=O) groups excluding carboxylic acids is 2. The average molecular weight is 351 g/mol. The van der Waals surface area contributed by atoms with E-state index in [-0.39, 0.29) is 24.0 Å². The first kappa shape index (κ1) is 17.8. The number of benzene rings is 1. The summed E-state index contributed by atoms with van der Waals surface area (Å²) in [5.41, 5.74) is 0.593. The van der Waals surface area contributed by atoms with Crippen molar-refractivity contribution in [2.45, 2.75) is 6.92 Å². The van der Waals surface area contributed by atoms with Gasteiger partial charge in [-0.2, -0.15) is 0 Å². The van der Waals surface area contributed by atoms with E-state index in [1.807, 2.05) is 0 Å². The topological polar surface area (TPSA) is 102 Å². The molecule has 0 aromatic heterocycles. The Morgan fingerprint density at radius 3 is 3.04 bits per heavy atom. The fraction of sp³-hybridized carbons (Fsp3) is 0.333. The van der Waals surface area contributed by atoms with Crippen LogP contribution in [0.15, 0.2) is 35.4 Å². The van der Waals surface area contributed by atoms with E-state index in [9.17, 15) is 19.7 Å². The molecule has 0 saturated carbocycles. The second-order valence-electron chi connectivity index (χ2n) is 4.80. The quantitative estimate of drug-likeness (QED) is 0.347. The van der Waals surface area contributed by atoms with Gasteiger partial charge in [-0.3, -0.25) is 14.9 Å². The first-order valence-corrected chi connectivity index (χ1v) is 8.29. The molecule has 2 rings (SSSR count). The number of nitrogens with zero attached hydrogens (tertiary/aromatic N) is 2. The van der Waals surface area contributed by atoms with Crippen LogP contribution in [0.1, 0.15) is 6.92 Å². The molecule has 128 valence electrons. The van der Waals surface area contributed by atoms with Gasteiger partial charge in [0.05, 0.1) is 28.4 Å². The summed E-state index contributed by atoms with van der Waals surface area (Å²) < 4.78 is 4.85. The number of rotatable bonds is 7. The SMILES string of the molecule is CCOC(=O)/C=C1\SCC(=O)N1CCNc1cccc([N+](=O)[O-])c1. The van der Waals surface area contributed by atoms with E-state index in [2.05, 4.69) is 5.32 Å². The highest BCUT2D eigenvalue weighted by Gasteiger charge is 2.27. The van der Waals surface area contributed by atoms with E-state index in [1.54, 1.807) is 19.1 Å². The fourth-order valence-corrected chi connectivity index (χ4v) is 3.05. The summed E-state index contributed by atoms with van der Waals surface area (Å²) in [5.74, 6) is -0.287. The predicted octanol–water partition coefficient (Wildman–Crippen LogP) is 1.99. The van der Waals surface area contributed by atoms with Gasteiger partial charge < -0.3 is 15.0 Å². The Labute approximate surface area is 143 Å². The summed E-state index contributed by atoms with van der Waals surface area (Å²) in [4.78, 5) is 35.2. The molecule has 1 aliphatic heterocycles. The maximum absolute atomic E-state index is 11.9. The molecule has 1 N–H and O–H groups in total. The van der Waals surface area contributed by atoms with Gasteiger partial charge in [0.1, 0.15) is 0 Å². The Bertz CT molecular complexity index is 677. The molecule has 1 amide bonds. The van der Waals surface area contributed by atoms with Crippen LogP contribution in [0.25, 0.3) is 0 Å². The van der Waals surface area contributed by atoms with Gasteiger partial charge in [0.15, 0.2) is 0 Å². The van der Waals surface area contributed by atoms with Crippen LogP contribution in [0.2, 0.25) is 0 Å². The van der Waals surface area contributed by atoms with Crippen LogP contribution in [0.4, 0.5) is 11.4 Å². The van der Waals surface area contributed by atoms with Crippen LogP contribution in [-0.4, -0.2) is 47.1 Å². The molecular formula is C15H17N3O5S. The number of carbonyl (C=O) groups is 2. The maximum Gasteiger partial charge on any atom is 0.333 e. The molecule has 1 aromatic rings. The van der Waals surface area contributed by atoms with Crippen molar-refractivity contribution in [2.75, 3.05) is 30.8 Å². The number of nitrogens with one attached hydrogen (secondary N) is 1. The minimum atomic E-state index is -0.480. The summed E-state index contributed by atoms with van der Waals surface area (Å²) in [7, 11) is 0. The van der Waals surface area contributed by atoms with Gasteiger partial charge in [-0.05, 0) is 13.0 Å². The van der Waals surface area contributed by atoms with Gasteiger partial charge >= 0.3 is 5.97 Å². The summed E-state index contributed by atoms with van der Waals surface area (Å²) in [6.07, 6.45) is 1.31. The van der Waals surface area contributed by atoms with Crippen LogP contribution in [0.3, 0.4) is 0 Å². The lowest BCUT2D eigenvalue weighted by atomic mass is 10.3. The van der Waals surface area contributed by atoms with E-state index in [1.165, 1.54) is 34.9 Å². The average Bonchev–Trinajstić information content (AvgIpc) is 2.88. The van der Waals surface area contributed by atoms with E-state index in [0.29, 0.717) is 23.8 Å². The summed E-state index contributed by atoms with van der Waals surface area (Å²) in [6.45, 7) is 2.73. The van der Waals surface area contributed by atoms with E-state index in [0.717, 1.165) is 0 Å². The van der Waals surface area contributed by atoms with Gasteiger partial charge in [-0.1, -0.05) is 17.8 Å². The molecule has 1 aromatic carbocycles. The normalized spacial score (nSPS) is 15.6. The molecule has 1 heterocycles. The minimum absolute atomic E-state index is 0.00398. The lowest BCUT2D eigenvalue weighted by Crippen LogP contribution is -2.30. The number of esters is 1. The number of hydrogen-bond donors (Lipinski definition) is 1. The number of nitro groups is 1. The Morgan fingerprint density at radius 2 is 2.33 bits per heavy atom. The third-order valence-corrected chi connectivity index (χ3v) is 4.19. The lowest BCUT2D eigenvalue weighted by molar-refractivity contribution is -0.384. The predicted molar refractivity (Wildman–Crippen MR) is 90.5 cm³/mol. The van der Waals surface area contributed by atoms with Crippen LogP contribution < -0.4 is 5.32 Å². The zero-order valence-corrected chi connectivity index (χ0v) is 13.9. The van der Waals surface area contributed by atoms with Crippen molar-refractivity contribution in [1.29, 1.82) is 0 Å². The molecule has 0 aliphatic carbocycles. The van der Waals surface area contributed by atoms with Gasteiger partial charge in [0, 0.05) is 30.9 Å². The van der Waals surface area contributed by atoms with Crippen molar-refractivity contribution in [3.8, 4) is 0 Å². The number of anilines is 1. The molecule has 0 atom stereocenters. The summed E-state index contributed by atoms with van der Waals surface area (Å²) in [5, 5.41) is 14.3. The third-order valence-electron chi connectivity index (χ3n) is 3.16. The molecule has 0 radical (unpaired) electrons. The van der Waals surface area contributed by atoms with E-state index < -0.39 is 10.9 Å². The lowest BCUT2D eigenvalue weighted by Gasteiger charge is -2.17. The van der Waals surface area contributed by atoms with E-state index in [4.69, 9.17) is 4.74 Å². The molecule has 0 spiro atoms. The Kier molecular flexibility index (Phi) is 6.19. The van der Waals surface area contributed by atoms with Crippen LogP contribution in [0, 0.1) is 10.1 Å². The largest absolute Gasteiger partial charge is 0.463 e. The summed E-state index contributed by atoms with van der Waals surface area (Å²) in [6, 6.07) is 6.13. The fourth-order valence-electron chi connectivity index (χ4n) is 2.10. The van der Waals surface area contributed by atoms with Crippen LogP contribution in [0.5, 0.6) is 0 Å². The standard InChI is InChI=1S/C15H17N3O5S/c1-2-23-15(20)9-14-17(13(19)10-24-14)7-6-16-11-4-3-5-12(8-11)18(21)22/h3-5,8-9,16H,2,6-7,10H2,1H3/b14-9-. The Hall–Kier alpha value is -2.55. The Balaban J connectivity index is 1.94. The monoisotopic (exact) mass is 351 g/mol. The molecule has 0 bridgehead atoms. The van der Waals surface area contributed by atoms with Crippen molar-refractivity contribution in [2.24, 2.45) is 0 Å². The number of non-ortho nitro benzene ring substituents is 1. The van der Waals surface area contributed by atoms with Crippen molar-refractivity contribution < 1.29 is 19.2 Å². The molecule has 24 heavy (non-hydrogen) atoms. The zero-order chi connectivity index (χ0) is 17.5. The van der Waals surface area contributed by atoms with Crippen molar-refractivity contribution in [1.82, 2.24) is 4.90 Å². The number of amides is 1. The number of ether oxygens (including phenoxy) is 1. The highest BCUT2D eigenvalue weighted by Crippen LogP contribution is 2.28. The van der Waals surface area contributed by atoms with Gasteiger partial charge in [-0.25, -0.2) is 4.79 Å². The second kappa shape index (κ2) is 8.34. The third kappa shape index (κ3) is 4.72. The molecule has 8 nitrogen and oxygen atoms in total. The molecule has 0 unspecified atom stereocenters. The van der Waals surface area contributed by atoms with E-state index >= 15 is 0 Å². The smallest absolute Gasteiger partial charge is 0.333 e.